The van der Waals surface area contributed by atoms with E-state index in [1.165, 1.54) is 10.6 Å². The van der Waals surface area contributed by atoms with Gasteiger partial charge in [0.2, 0.25) is 0 Å². The molecular formula is C24H27N5O5. The zero-order chi connectivity index (χ0) is 24.7. The average molecular weight is 466 g/mol. The first-order chi connectivity index (χ1) is 16.3. The molecule has 1 atom stereocenters. The van der Waals surface area contributed by atoms with Gasteiger partial charge in [-0.2, -0.15) is 0 Å². The maximum absolute atomic E-state index is 13.0. The third-order valence-corrected chi connectivity index (χ3v) is 5.30. The van der Waals surface area contributed by atoms with Crippen LogP contribution in [-0.2, 0) is 11.3 Å². The second kappa shape index (κ2) is 11.0. The molecule has 0 fully saturated rings. The largest absolute Gasteiger partial charge is 0.496 e. The number of hydrogen-bond donors (Lipinski definition) is 4. The Morgan fingerprint density at radius 1 is 1.15 bits per heavy atom. The molecule has 1 heterocycles. The number of pyridine rings is 1. The molecule has 34 heavy (non-hydrogen) atoms. The van der Waals surface area contributed by atoms with E-state index in [0.717, 1.165) is 16.3 Å². The monoisotopic (exact) mass is 465 g/mol. The summed E-state index contributed by atoms with van der Waals surface area (Å²) in [5.41, 5.74) is 10.6. The van der Waals surface area contributed by atoms with Crippen LogP contribution in [0.25, 0.3) is 10.8 Å². The summed E-state index contributed by atoms with van der Waals surface area (Å²) in [4.78, 5) is 41.1. The lowest BCUT2D eigenvalue weighted by Gasteiger charge is -2.15. The summed E-state index contributed by atoms with van der Waals surface area (Å²) < 4.78 is 6.88. The summed E-state index contributed by atoms with van der Waals surface area (Å²) >= 11 is 0. The van der Waals surface area contributed by atoms with Crippen LogP contribution >= 0.6 is 0 Å². The summed E-state index contributed by atoms with van der Waals surface area (Å²) in [6.07, 6.45) is 2.01. The minimum Gasteiger partial charge on any atom is -0.496 e. The number of carboxylic acids is 1. The third-order valence-electron chi connectivity index (χ3n) is 5.30. The quantitative estimate of drug-likeness (QED) is 0.199. The topological polar surface area (TPSA) is 162 Å². The lowest BCUT2D eigenvalue weighted by molar-refractivity contribution is -0.139. The number of guanidine groups is 1. The highest BCUT2D eigenvalue weighted by Crippen LogP contribution is 2.26. The molecule has 178 valence electrons. The molecule has 10 heteroatoms. The Kier molecular flexibility index (Phi) is 7.86. The van der Waals surface area contributed by atoms with E-state index in [2.05, 4.69) is 10.3 Å². The number of aliphatic carboxylic acids is 1. The van der Waals surface area contributed by atoms with E-state index < -0.39 is 23.5 Å². The van der Waals surface area contributed by atoms with Crippen LogP contribution in [0.5, 0.6) is 5.75 Å². The van der Waals surface area contributed by atoms with Crippen molar-refractivity contribution in [1.82, 2.24) is 9.88 Å². The van der Waals surface area contributed by atoms with Gasteiger partial charge in [0.05, 0.1) is 13.7 Å². The van der Waals surface area contributed by atoms with E-state index in [4.69, 9.17) is 16.2 Å². The summed E-state index contributed by atoms with van der Waals surface area (Å²) in [5.74, 6) is -1.45. The minimum absolute atomic E-state index is 0.0937. The number of hydrogen-bond acceptors (Lipinski definition) is 5. The van der Waals surface area contributed by atoms with E-state index >= 15 is 0 Å². The number of amides is 1. The molecule has 0 saturated heterocycles. The van der Waals surface area contributed by atoms with Gasteiger partial charge in [-0.15, -0.1) is 0 Å². The number of carbonyl (C=O) groups excluding carboxylic acids is 1. The van der Waals surface area contributed by atoms with Gasteiger partial charge in [0.1, 0.15) is 17.4 Å². The summed E-state index contributed by atoms with van der Waals surface area (Å²) in [5, 5.41) is 13.8. The van der Waals surface area contributed by atoms with Crippen molar-refractivity contribution in [2.24, 2.45) is 16.5 Å². The fraction of sp³-hybridized carbons (Fsp3) is 0.250. The molecular weight excluding hydrogens is 438 g/mol. The second-order valence-electron chi connectivity index (χ2n) is 7.68. The number of rotatable bonds is 10. The Bertz CT molecular complexity index is 1280. The van der Waals surface area contributed by atoms with Gasteiger partial charge < -0.3 is 31.2 Å². The van der Waals surface area contributed by atoms with Gasteiger partial charge in [0.15, 0.2) is 5.96 Å². The van der Waals surface area contributed by atoms with E-state index in [-0.39, 0.29) is 31.0 Å². The normalized spacial score (nSPS) is 11.6. The highest BCUT2D eigenvalue weighted by Gasteiger charge is 2.22. The number of nitrogens with one attached hydrogen (secondary N) is 1. The first-order valence-electron chi connectivity index (χ1n) is 10.6. The molecule has 1 amide bonds. The van der Waals surface area contributed by atoms with Crippen molar-refractivity contribution < 1.29 is 19.4 Å². The van der Waals surface area contributed by atoms with E-state index in [0.29, 0.717) is 12.2 Å². The molecule has 0 aliphatic heterocycles. The molecule has 0 spiro atoms. The van der Waals surface area contributed by atoms with Gasteiger partial charge >= 0.3 is 5.97 Å². The first kappa shape index (κ1) is 24.3. The Morgan fingerprint density at radius 2 is 1.85 bits per heavy atom. The smallest absolute Gasteiger partial charge is 0.326 e. The van der Waals surface area contributed by atoms with Gasteiger partial charge in [-0.3, -0.25) is 14.6 Å². The Balaban J connectivity index is 1.81. The van der Waals surface area contributed by atoms with Crippen molar-refractivity contribution in [3.05, 3.63) is 76.2 Å². The minimum atomic E-state index is -1.21. The third kappa shape index (κ3) is 5.91. The maximum atomic E-state index is 13.0. The maximum Gasteiger partial charge on any atom is 0.326 e. The van der Waals surface area contributed by atoms with Crippen molar-refractivity contribution in [3.63, 3.8) is 0 Å². The first-order valence-corrected chi connectivity index (χ1v) is 10.6. The number of aliphatic imine (C=N–C) groups is 1. The van der Waals surface area contributed by atoms with Crippen molar-refractivity contribution in [2.45, 2.75) is 25.4 Å². The zero-order valence-electron chi connectivity index (χ0n) is 18.7. The number of methoxy groups -OCH3 is 1. The number of nitrogens with two attached hydrogens (primary N) is 2. The van der Waals surface area contributed by atoms with Crippen LogP contribution in [0, 0.1) is 0 Å². The van der Waals surface area contributed by atoms with Crippen molar-refractivity contribution in [3.8, 4) is 5.75 Å². The van der Waals surface area contributed by atoms with E-state index in [1.807, 2.05) is 36.4 Å². The molecule has 0 aliphatic carbocycles. The molecule has 0 unspecified atom stereocenters. The number of benzene rings is 2. The number of aromatic nitrogens is 1. The molecule has 1 aromatic heterocycles. The molecule has 2 aromatic carbocycles. The lowest BCUT2D eigenvalue weighted by atomic mass is 10.1. The number of carboxylic acid groups (broad SMARTS) is 1. The molecule has 3 rings (SSSR count). The fourth-order valence-corrected chi connectivity index (χ4v) is 3.59. The van der Waals surface area contributed by atoms with Gasteiger partial charge in [-0.05, 0) is 47.9 Å². The van der Waals surface area contributed by atoms with Gasteiger partial charge in [-0.1, -0.05) is 24.3 Å². The van der Waals surface area contributed by atoms with Crippen molar-refractivity contribution >= 4 is 28.6 Å². The van der Waals surface area contributed by atoms with Gasteiger partial charge in [0.25, 0.3) is 11.5 Å². The molecule has 0 aliphatic rings. The van der Waals surface area contributed by atoms with Crippen LogP contribution in [0.2, 0.25) is 0 Å². The number of carbonyl (C=O) groups is 2. The Hall–Kier alpha value is -4.34. The number of fused-ring (bicyclic) bond motifs is 1. The van der Waals surface area contributed by atoms with Crippen LogP contribution in [0.15, 0.2) is 64.5 Å². The molecule has 0 saturated carbocycles. The highest BCUT2D eigenvalue weighted by molar-refractivity contribution is 5.96. The SMILES string of the molecule is COc1cc2ccccc2cc1Cn1cccc(C(=O)N[C@@H](CCCN=C(N)N)C(=O)O)c1=O. The van der Waals surface area contributed by atoms with E-state index in [9.17, 15) is 19.5 Å². The highest BCUT2D eigenvalue weighted by atomic mass is 16.5. The summed E-state index contributed by atoms with van der Waals surface area (Å²) in [6.45, 7) is 0.405. The fourth-order valence-electron chi connectivity index (χ4n) is 3.59. The molecule has 3 aromatic rings. The summed E-state index contributed by atoms with van der Waals surface area (Å²) in [6, 6.07) is 13.4. The summed E-state index contributed by atoms with van der Waals surface area (Å²) in [7, 11) is 1.56. The van der Waals surface area contributed by atoms with Crippen LogP contribution in [0.3, 0.4) is 0 Å². The lowest BCUT2D eigenvalue weighted by Crippen LogP contribution is -2.43. The molecule has 0 radical (unpaired) electrons. The van der Waals surface area contributed by atoms with Gasteiger partial charge in [0, 0.05) is 18.3 Å². The van der Waals surface area contributed by atoms with E-state index in [1.54, 1.807) is 19.4 Å². The zero-order valence-corrected chi connectivity index (χ0v) is 18.7. The van der Waals surface area contributed by atoms with Crippen LogP contribution in [-0.4, -0.2) is 47.2 Å². The van der Waals surface area contributed by atoms with Crippen molar-refractivity contribution in [2.75, 3.05) is 13.7 Å². The Morgan fingerprint density at radius 3 is 2.50 bits per heavy atom. The Labute approximate surface area is 195 Å². The average Bonchev–Trinajstić information content (AvgIpc) is 2.81. The number of ether oxygens (including phenoxy) is 1. The second-order valence-corrected chi connectivity index (χ2v) is 7.68. The van der Waals surface area contributed by atoms with Crippen LogP contribution in [0.1, 0.15) is 28.8 Å². The number of nitrogens with zero attached hydrogens (tertiary/aromatic N) is 2. The standard InChI is InChI=1S/C24H27N5O5/c1-34-20-13-16-7-3-2-6-15(16)12-17(20)14-29-11-5-8-18(22(29)31)21(30)28-19(23(32)33)9-4-10-27-24(25)26/h2-3,5-8,11-13,19H,4,9-10,14H2,1H3,(H,28,30)(H,32,33)(H4,25,26,27)/t19-/m0/s1. The van der Waals surface area contributed by atoms with Crippen LogP contribution < -0.4 is 27.1 Å². The predicted molar refractivity (Wildman–Crippen MR) is 129 cm³/mol. The van der Waals surface area contributed by atoms with Crippen molar-refractivity contribution in [1.29, 1.82) is 0 Å². The molecule has 10 nitrogen and oxygen atoms in total. The van der Waals surface area contributed by atoms with Gasteiger partial charge in [-0.25, -0.2) is 4.79 Å². The molecule has 0 bridgehead atoms. The molecule has 6 N–H and O–H groups in total. The van der Waals surface area contributed by atoms with Crippen LogP contribution in [0.4, 0.5) is 0 Å². The predicted octanol–water partition coefficient (Wildman–Crippen LogP) is 1.30.